The lowest BCUT2D eigenvalue weighted by Crippen LogP contribution is -2.41. The zero-order valence-electron chi connectivity index (χ0n) is 11.8. The van der Waals surface area contributed by atoms with Crippen molar-refractivity contribution < 1.29 is 14.8 Å². The fourth-order valence-electron chi connectivity index (χ4n) is 2.33. The van der Waals surface area contributed by atoms with Crippen LogP contribution in [0.2, 0.25) is 0 Å². The van der Waals surface area contributed by atoms with E-state index in [9.17, 15) is 15.2 Å². The summed E-state index contributed by atoms with van der Waals surface area (Å²) in [6.45, 7) is 4.14. The fraction of sp³-hybridized carbons (Fsp3) is 0.571. The standard InChI is InChI=1S/C14H20N2O4/c1-3-20-13-8-11(6-7-12(13)16(18)19)15-14(2,9-17)10-4-5-10/h6-8,10,15,17H,3-5,9H2,1-2H3. The van der Waals surface area contributed by atoms with E-state index in [1.807, 2.05) is 6.92 Å². The first kappa shape index (κ1) is 14.6. The van der Waals surface area contributed by atoms with Gasteiger partial charge in [0.2, 0.25) is 0 Å². The number of aliphatic hydroxyl groups is 1. The second kappa shape index (κ2) is 5.66. The van der Waals surface area contributed by atoms with Crippen molar-refractivity contribution in [1.29, 1.82) is 0 Å². The first-order valence-corrected chi connectivity index (χ1v) is 6.80. The van der Waals surface area contributed by atoms with Crippen LogP contribution in [0.25, 0.3) is 0 Å². The Morgan fingerprint density at radius 1 is 1.55 bits per heavy atom. The Hall–Kier alpha value is -1.82. The number of hydrogen-bond acceptors (Lipinski definition) is 5. The van der Waals surface area contributed by atoms with Crippen molar-refractivity contribution in [1.82, 2.24) is 0 Å². The van der Waals surface area contributed by atoms with E-state index in [2.05, 4.69) is 5.32 Å². The minimum Gasteiger partial charge on any atom is -0.487 e. The summed E-state index contributed by atoms with van der Waals surface area (Å²) in [6.07, 6.45) is 2.19. The minimum atomic E-state index is -0.457. The van der Waals surface area contributed by atoms with Crippen LogP contribution in [0.1, 0.15) is 26.7 Å². The highest BCUT2D eigenvalue weighted by molar-refractivity contribution is 5.59. The molecule has 6 heteroatoms. The Morgan fingerprint density at radius 3 is 2.75 bits per heavy atom. The van der Waals surface area contributed by atoms with Crippen molar-refractivity contribution >= 4 is 11.4 Å². The number of aliphatic hydroxyl groups excluding tert-OH is 1. The molecule has 1 aliphatic rings. The Labute approximate surface area is 117 Å². The van der Waals surface area contributed by atoms with E-state index in [0.29, 0.717) is 12.5 Å². The summed E-state index contributed by atoms with van der Waals surface area (Å²) in [5, 5.41) is 23.8. The van der Waals surface area contributed by atoms with Gasteiger partial charge in [-0.3, -0.25) is 10.1 Å². The molecule has 0 aromatic heterocycles. The third-order valence-electron chi connectivity index (χ3n) is 3.69. The number of hydrogen-bond donors (Lipinski definition) is 2. The summed E-state index contributed by atoms with van der Waals surface area (Å²) >= 11 is 0. The van der Waals surface area contributed by atoms with Gasteiger partial charge < -0.3 is 15.2 Å². The second-order valence-corrected chi connectivity index (χ2v) is 5.35. The first-order chi connectivity index (χ1) is 9.50. The molecule has 1 saturated carbocycles. The van der Waals surface area contributed by atoms with E-state index in [0.717, 1.165) is 18.5 Å². The molecule has 0 bridgehead atoms. The highest BCUT2D eigenvalue weighted by Gasteiger charge is 2.41. The molecule has 0 amide bonds. The van der Waals surface area contributed by atoms with Crippen LogP contribution in [0.5, 0.6) is 5.75 Å². The fourth-order valence-corrected chi connectivity index (χ4v) is 2.33. The molecule has 0 saturated heterocycles. The molecular weight excluding hydrogens is 260 g/mol. The van der Waals surface area contributed by atoms with Crippen molar-refractivity contribution in [3.8, 4) is 5.75 Å². The lowest BCUT2D eigenvalue weighted by atomic mass is 9.96. The number of benzene rings is 1. The van der Waals surface area contributed by atoms with Crippen LogP contribution in [-0.2, 0) is 0 Å². The van der Waals surface area contributed by atoms with Gasteiger partial charge >= 0.3 is 5.69 Å². The summed E-state index contributed by atoms with van der Waals surface area (Å²) in [5.74, 6) is 0.692. The van der Waals surface area contributed by atoms with E-state index in [1.54, 1.807) is 19.1 Å². The monoisotopic (exact) mass is 280 g/mol. The van der Waals surface area contributed by atoms with Gasteiger partial charge in [-0.1, -0.05) is 0 Å². The number of ether oxygens (including phenoxy) is 1. The SMILES string of the molecule is CCOc1cc(NC(C)(CO)C2CC2)ccc1[N+](=O)[O-]. The van der Waals surface area contributed by atoms with Crippen LogP contribution in [0.4, 0.5) is 11.4 Å². The molecule has 1 fully saturated rings. The smallest absolute Gasteiger partial charge is 0.311 e. The topological polar surface area (TPSA) is 84.6 Å². The number of nitro benzene ring substituents is 1. The minimum absolute atomic E-state index is 0.0264. The van der Waals surface area contributed by atoms with Crippen molar-refractivity contribution in [2.75, 3.05) is 18.5 Å². The van der Waals surface area contributed by atoms with Gasteiger partial charge in [-0.05, 0) is 38.7 Å². The van der Waals surface area contributed by atoms with E-state index >= 15 is 0 Å². The molecule has 20 heavy (non-hydrogen) atoms. The molecule has 1 unspecified atom stereocenters. The van der Waals surface area contributed by atoms with Crippen LogP contribution in [-0.4, -0.2) is 28.8 Å². The Morgan fingerprint density at radius 2 is 2.25 bits per heavy atom. The quantitative estimate of drug-likeness (QED) is 0.592. The zero-order chi connectivity index (χ0) is 14.8. The van der Waals surface area contributed by atoms with Crippen molar-refractivity contribution in [2.24, 2.45) is 5.92 Å². The maximum Gasteiger partial charge on any atom is 0.311 e. The molecule has 0 radical (unpaired) electrons. The van der Waals surface area contributed by atoms with Crippen LogP contribution >= 0.6 is 0 Å². The number of nitrogens with one attached hydrogen (secondary N) is 1. The summed E-state index contributed by atoms with van der Waals surface area (Å²) in [4.78, 5) is 10.5. The van der Waals surface area contributed by atoms with E-state index in [1.165, 1.54) is 6.07 Å². The summed E-state index contributed by atoms with van der Waals surface area (Å²) in [5.41, 5.74) is 0.289. The van der Waals surface area contributed by atoms with E-state index in [-0.39, 0.29) is 23.6 Å². The summed E-state index contributed by atoms with van der Waals surface area (Å²) in [7, 11) is 0. The van der Waals surface area contributed by atoms with Crippen LogP contribution < -0.4 is 10.1 Å². The molecule has 1 aromatic carbocycles. The van der Waals surface area contributed by atoms with Gasteiger partial charge in [0.15, 0.2) is 5.75 Å². The second-order valence-electron chi connectivity index (χ2n) is 5.35. The third-order valence-corrected chi connectivity index (χ3v) is 3.69. The predicted molar refractivity (Wildman–Crippen MR) is 76.1 cm³/mol. The van der Waals surface area contributed by atoms with Gasteiger partial charge in [-0.2, -0.15) is 0 Å². The highest BCUT2D eigenvalue weighted by atomic mass is 16.6. The number of rotatable bonds is 7. The van der Waals surface area contributed by atoms with Gasteiger partial charge in [0.1, 0.15) is 0 Å². The lowest BCUT2D eigenvalue weighted by Gasteiger charge is -2.30. The molecule has 0 spiro atoms. The molecule has 2 N–H and O–H groups in total. The molecular formula is C14H20N2O4. The number of anilines is 1. The Kier molecular flexibility index (Phi) is 4.13. The average molecular weight is 280 g/mol. The van der Waals surface area contributed by atoms with E-state index in [4.69, 9.17) is 4.74 Å². The van der Waals surface area contributed by atoms with Gasteiger partial charge in [0.25, 0.3) is 0 Å². The molecule has 0 heterocycles. The zero-order valence-corrected chi connectivity index (χ0v) is 11.8. The Bertz CT molecular complexity index is 502. The maximum atomic E-state index is 10.9. The normalized spacial score (nSPS) is 17.4. The van der Waals surface area contributed by atoms with Gasteiger partial charge in [0, 0.05) is 17.8 Å². The van der Waals surface area contributed by atoms with Gasteiger partial charge in [-0.25, -0.2) is 0 Å². The third kappa shape index (κ3) is 3.01. The van der Waals surface area contributed by atoms with Crippen molar-refractivity contribution in [2.45, 2.75) is 32.2 Å². The van der Waals surface area contributed by atoms with Crippen molar-refractivity contribution in [3.63, 3.8) is 0 Å². The first-order valence-electron chi connectivity index (χ1n) is 6.80. The van der Waals surface area contributed by atoms with Gasteiger partial charge in [0.05, 0.1) is 23.7 Å². The summed E-state index contributed by atoms with van der Waals surface area (Å²) in [6, 6.07) is 4.70. The van der Waals surface area contributed by atoms with Crippen LogP contribution in [0, 0.1) is 16.0 Å². The number of nitrogens with zero attached hydrogens (tertiary/aromatic N) is 1. The Balaban J connectivity index is 2.24. The largest absolute Gasteiger partial charge is 0.487 e. The van der Waals surface area contributed by atoms with Crippen LogP contribution in [0.3, 0.4) is 0 Å². The average Bonchev–Trinajstić information content (AvgIpc) is 3.23. The summed E-state index contributed by atoms with van der Waals surface area (Å²) < 4.78 is 5.32. The molecule has 1 aliphatic carbocycles. The predicted octanol–water partition coefficient (Wildman–Crippen LogP) is 2.57. The lowest BCUT2D eigenvalue weighted by molar-refractivity contribution is -0.385. The molecule has 110 valence electrons. The molecule has 6 nitrogen and oxygen atoms in total. The van der Waals surface area contributed by atoms with Crippen molar-refractivity contribution in [3.05, 3.63) is 28.3 Å². The molecule has 0 aliphatic heterocycles. The molecule has 1 aromatic rings. The van der Waals surface area contributed by atoms with Crippen LogP contribution in [0.15, 0.2) is 18.2 Å². The number of nitro groups is 1. The highest BCUT2D eigenvalue weighted by Crippen LogP contribution is 2.42. The maximum absolute atomic E-state index is 10.9. The molecule has 2 rings (SSSR count). The van der Waals surface area contributed by atoms with E-state index < -0.39 is 4.92 Å². The molecule has 1 atom stereocenters. The van der Waals surface area contributed by atoms with Gasteiger partial charge in [-0.15, -0.1) is 0 Å².